The number of hydrogen-bond donors (Lipinski definition) is 3. The van der Waals surface area contributed by atoms with E-state index >= 15 is 0 Å². The van der Waals surface area contributed by atoms with E-state index in [1.165, 1.54) is 24.4 Å². The van der Waals surface area contributed by atoms with Crippen molar-refractivity contribution in [1.82, 2.24) is 10.3 Å². The standard InChI is InChI=1S/C27H26BrClF2N4O4/c1-27(2,3)26(38)33-12-15-4-9-21(29)19(10-15)23(36)35-18-11-20(25(32-13-18)39-14-22(30)31)24(37)34-17-7-5-16(28)6-8-17/h4-11,13,22H,12,14H2,1-3H3,(H,33,38)(H,34,37)(H,35,36). The van der Waals surface area contributed by atoms with Crippen LogP contribution in [0.2, 0.25) is 5.02 Å². The van der Waals surface area contributed by atoms with Crippen LogP contribution in [0.25, 0.3) is 0 Å². The second-order valence-electron chi connectivity index (χ2n) is 9.44. The van der Waals surface area contributed by atoms with Gasteiger partial charge in [-0.3, -0.25) is 14.4 Å². The number of carbonyl (C=O) groups excluding carboxylic acids is 3. The molecule has 12 heteroatoms. The van der Waals surface area contributed by atoms with Crippen molar-refractivity contribution in [2.45, 2.75) is 33.7 Å². The van der Waals surface area contributed by atoms with Crippen molar-refractivity contribution in [3.63, 3.8) is 0 Å². The molecule has 3 N–H and O–H groups in total. The van der Waals surface area contributed by atoms with E-state index in [9.17, 15) is 23.2 Å². The summed E-state index contributed by atoms with van der Waals surface area (Å²) in [5, 5.41) is 8.22. The molecule has 3 rings (SSSR count). The van der Waals surface area contributed by atoms with Crippen molar-refractivity contribution in [3.8, 4) is 5.88 Å². The molecule has 206 valence electrons. The second-order valence-corrected chi connectivity index (χ2v) is 10.8. The molecule has 0 aliphatic carbocycles. The first-order valence-corrected chi connectivity index (χ1v) is 12.9. The molecular formula is C27H26BrClF2N4O4. The lowest BCUT2D eigenvalue weighted by molar-refractivity contribution is -0.128. The number of ether oxygens (including phenoxy) is 1. The number of halogens is 4. The second kappa shape index (κ2) is 13.0. The van der Waals surface area contributed by atoms with Gasteiger partial charge in [0.1, 0.15) is 5.56 Å². The van der Waals surface area contributed by atoms with Crippen molar-refractivity contribution in [1.29, 1.82) is 0 Å². The highest BCUT2D eigenvalue weighted by Gasteiger charge is 2.22. The van der Waals surface area contributed by atoms with Crippen molar-refractivity contribution in [2.24, 2.45) is 5.41 Å². The van der Waals surface area contributed by atoms with Crippen molar-refractivity contribution >= 4 is 56.6 Å². The molecule has 0 unspecified atom stereocenters. The molecule has 1 aromatic heterocycles. The van der Waals surface area contributed by atoms with Crippen LogP contribution in [0.3, 0.4) is 0 Å². The highest BCUT2D eigenvalue weighted by Crippen LogP contribution is 2.25. The molecule has 3 amide bonds. The molecule has 0 aliphatic rings. The Kier molecular flexibility index (Phi) is 9.98. The minimum atomic E-state index is -2.78. The largest absolute Gasteiger partial charge is 0.471 e. The van der Waals surface area contributed by atoms with E-state index in [0.717, 1.165) is 4.47 Å². The zero-order valence-corrected chi connectivity index (χ0v) is 23.6. The predicted molar refractivity (Wildman–Crippen MR) is 149 cm³/mol. The Morgan fingerprint density at radius 3 is 2.26 bits per heavy atom. The molecule has 0 fully saturated rings. The van der Waals surface area contributed by atoms with Gasteiger partial charge < -0.3 is 20.7 Å². The molecule has 39 heavy (non-hydrogen) atoms. The molecule has 2 aromatic carbocycles. The van der Waals surface area contributed by atoms with Gasteiger partial charge in [0.15, 0.2) is 6.61 Å². The lowest BCUT2D eigenvalue weighted by Crippen LogP contribution is -2.34. The third kappa shape index (κ3) is 8.72. The number of benzene rings is 2. The summed E-state index contributed by atoms with van der Waals surface area (Å²) in [6, 6.07) is 12.7. The highest BCUT2D eigenvalue weighted by molar-refractivity contribution is 9.10. The first-order chi connectivity index (χ1) is 18.3. The number of amides is 3. The topological polar surface area (TPSA) is 109 Å². The fourth-order valence-corrected chi connectivity index (χ4v) is 3.64. The van der Waals surface area contributed by atoms with Crippen LogP contribution in [0.5, 0.6) is 5.88 Å². The molecule has 0 spiro atoms. The van der Waals surface area contributed by atoms with E-state index in [1.54, 1.807) is 51.1 Å². The monoisotopic (exact) mass is 622 g/mol. The number of carbonyl (C=O) groups is 3. The quantitative estimate of drug-likeness (QED) is 0.259. The normalized spacial score (nSPS) is 11.2. The van der Waals surface area contributed by atoms with Gasteiger partial charge >= 0.3 is 0 Å². The van der Waals surface area contributed by atoms with Gasteiger partial charge in [0, 0.05) is 22.1 Å². The van der Waals surface area contributed by atoms with Gasteiger partial charge in [-0.1, -0.05) is 54.4 Å². The highest BCUT2D eigenvalue weighted by atomic mass is 79.9. The molecule has 0 aliphatic heterocycles. The summed E-state index contributed by atoms with van der Waals surface area (Å²) in [5.74, 6) is -1.76. The smallest absolute Gasteiger partial charge is 0.272 e. The number of anilines is 2. The van der Waals surface area contributed by atoms with Crippen LogP contribution in [0.15, 0.2) is 59.2 Å². The van der Waals surface area contributed by atoms with Crippen LogP contribution in [-0.2, 0) is 11.3 Å². The Morgan fingerprint density at radius 1 is 0.974 bits per heavy atom. The van der Waals surface area contributed by atoms with Crippen LogP contribution in [-0.4, -0.2) is 35.7 Å². The average molecular weight is 624 g/mol. The van der Waals surface area contributed by atoms with Gasteiger partial charge in [-0.05, 0) is 48.0 Å². The minimum absolute atomic E-state index is 0.104. The van der Waals surface area contributed by atoms with E-state index in [0.29, 0.717) is 11.3 Å². The molecule has 1 heterocycles. The van der Waals surface area contributed by atoms with Crippen LogP contribution in [0.4, 0.5) is 20.2 Å². The summed E-state index contributed by atoms with van der Waals surface area (Å²) < 4.78 is 31.3. The Morgan fingerprint density at radius 2 is 1.62 bits per heavy atom. The summed E-state index contributed by atoms with van der Waals surface area (Å²) in [6.45, 7) is 4.58. The lowest BCUT2D eigenvalue weighted by atomic mass is 9.95. The van der Waals surface area contributed by atoms with E-state index in [2.05, 4.69) is 36.9 Å². The van der Waals surface area contributed by atoms with Crippen LogP contribution < -0.4 is 20.7 Å². The number of hydrogen-bond acceptors (Lipinski definition) is 5. The van der Waals surface area contributed by atoms with E-state index in [1.807, 2.05) is 0 Å². The minimum Gasteiger partial charge on any atom is -0.471 e. The number of aromatic nitrogens is 1. The molecule has 0 radical (unpaired) electrons. The third-order valence-electron chi connectivity index (χ3n) is 5.21. The average Bonchev–Trinajstić information content (AvgIpc) is 2.87. The maximum atomic E-state index is 13.0. The van der Waals surface area contributed by atoms with Gasteiger partial charge in [0.25, 0.3) is 18.2 Å². The summed E-state index contributed by atoms with van der Waals surface area (Å²) in [4.78, 5) is 42.2. The first-order valence-electron chi connectivity index (χ1n) is 11.7. The van der Waals surface area contributed by atoms with Crippen molar-refractivity contribution in [2.75, 3.05) is 17.2 Å². The fraction of sp³-hybridized carbons (Fsp3) is 0.259. The number of alkyl halides is 2. The predicted octanol–water partition coefficient (Wildman–Crippen LogP) is 6.31. The Labute approximate surface area is 237 Å². The van der Waals surface area contributed by atoms with E-state index in [4.69, 9.17) is 16.3 Å². The van der Waals surface area contributed by atoms with Crippen LogP contribution in [0, 0.1) is 5.41 Å². The Bertz CT molecular complexity index is 1360. The fourth-order valence-electron chi connectivity index (χ4n) is 3.17. The number of pyridine rings is 1. The van der Waals surface area contributed by atoms with Gasteiger partial charge in [0.2, 0.25) is 11.8 Å². The molecule has 0 bridgehead atoms. The van der Waals surface area contributed by atoms with Crippen molar-refractivity contribution in [3.05, 3.63) is 80.9 Å². The van der Waals surface area contributed by atoms with E-state index < -0.39 is 30.3 Å². The first kappa shape index (κ1) is 30.0. The SMILES string of the molecule is CC(C)(C)C(=O)NCc1ccc(Cl)c(C(=O)Nc2cnc(OCC(F)F)c(C(=O)Nc3ccc(Br)cc3)c2)c1. The number of nitrogens with zero attached hydrogens (tertiary/aromatic N) is 1. The summed E-state index contributed by atoms with van der Waals surface area (Å²) in [5.41, 5.74) is 0.573. The maximum Gasteiger partial charge on any atom is 0.272 e. The van der Waals surface area contributed by atoms with E-state index in [-0.39, 0.29) is 40.2 Å². The van der Waals surface area contributed by atoms with Crippen LogP contribution >= 0.6 is 27.5 Å². The molecule has 0 atom stereocenters. The third-order valence-corrected chi connectivity index (χ3v) is 6.07. The summed E-state index contributed by atoms with van der Waals surface area (Å²) in [6.07, 6.45) is -1.60. The molecule has 3 aromatic rings. The summed E-state index contributed by atoms with van der Waals surface area (Å²) in [7, 11) is 0. The van der Waals surface area contributed by atoms with Gasteiger partial charge in [0.05, 0.1) is 22.5 Å². The van der Waals surface area contributed by atoms with Crippen LogP contribution in [0.1, 0.15) is 47.1 Å². The van der Waals surface area contributed by atoms with Gasteiger partial charge in [-0.15, -0.1) is 0 Å². The summed E-state index contributed by atoms with van der Waals surface area (Å²) >= 11 is 9.55. The van der Waals surface area contributed by atoms with Crippen molar-refractivity contribution < 1.29 is 27.9 Å². The van der Waals surface area contributed by atoms with Gasteiger partial charge in [-0.25, -0.2) is 13.8 Å². The van der Waals surface area contributed by atoms with Gasteiger partial charge in [-0.2, -0.15) is 0 Å². The Balaban J connectivity index is 1.82. The number of nitrogens with one attached hydrogen (secondary N) is 3. The zero-order chi connectivity index (χ0) is 28.7. The molecule has 0 saturated carbocycles. The lowest BCUT2D eigenvalue weighted by Gasteiger charge is -2.18. The molecule has 0 saturated heterocycles. The molecular weight excluding hydrogens is 598 g/mol. The zero-order valence-electron chi connectivity index (χ0n) is 21.3. The number of rotatable bonds is 9. The maximum absolute atomic E-state index is 13.0. The molecule has 8 nitrogen and oxygen atoms in total. The Hall–Kier alpha value is -3.57.